The molecule has 1 heterocycles. The zero-order valence-corrected chi connectivity index (χ0v) is 13.7. The molecule has 1 aromatic heterocycles. The fraction of sp³-hybridized carbons (Fsp3) is 0.429. The minimum absolute atomic E-state index is 0.0863. The average molecular weight is 348 g/mol. The molecule has 0 N–H and O–H groups in total. The first-order valence-corrected chi connectivity index (χ1v) is 8.89. The lowest BCUT2D eigenvalue weighted by Crippen LogP contribution is -2.05. The minimum atomic E-state index is -4.30. The minimum Gasteiger partial charge on any atom is -0.415 e. The van der Waals surface area contributed by atoms with Gasteiger partial charge in [0.15, 0.2) is 0 Å². The predicted octanol–water partition coefficient (Wildman–Crippen LogP) is 4.85. The lowest BCUT2D eigenvalue weighted by Gasteiger charge is -2.12. The Morgan fingerprint density at radius 3 is 2.45 bits per heavy atom. The van der Waals surface area contributed by atoms with Gasteiger partial charge in [-0.15, -0.1) is 10.2 Å². The molecular weight excluding hydrogens is 333 g/mol. The molecule has 0 fully saturated rings. The van der Waals surface area contributed by atoms with Crippen molar-refractivity contribution in [1.29, 1.82) is 0 Å². The maximum atomic E-state index is 12.5. The number of nitrogens with zero attached hydrogens (tertiary/aromatic N) is 2. The lowest BCUT2D eigenvalue weighted by molar-refractivity contribution is -0.137. The Bertz CT molecular complexity index is 599. The molecule has 2 rings (SSSR count). The summed E-state index contributed by atoms with van der Waals surface area (Å²) in [6, 6.07) is 5.25. The molecule has 0 bridgehead atoms. The Kier molecular flexibility index (Phi) is 5.80. The van der Waals surface area contributed by atoms with Gasteiger partial charge in [-0.25, -0.2) is 0 Å². The molecule has 0 aliphatic carbocycles. The lowest BCUT2D eigenvalue weighted by atomic mass is 10.0. The maximum Gasteiger partial charge on any atom is 0.416 e. The van der Waals surface area contributed by atoms with Gasteiger partial charge in [-0.05, 0) is 29.9 Å². The number of thioether (sulfide) groups is 2. The van der Waals surface area contributed by atoms with Crippen molar-refractivity contribution in [2.24, 2.45) is 0 Å². The Hall–Kier alpha value is -1.15. The highest BCUT2D eigenvalue weighted by Gasteiger charge is 2.30. The summed E-state index contributed by atoms with van der Waals surface area (Å²) in [4.78, 5) is 0. The second-order valence-corrected chi connectivity index (χ2v) is 6.56. The Morgan fingerprint density at radius 1 is 1.18 bits per heavy atom. The highest BCUT2D eigenvalue weighted by Crippen LogP contribution is 2.31. The largest absolute Gasteiger partial charge is 0.416 e. The highest BCUT2D eigenvalue weighted by atomic mass is 32.2. The van der Waals surface area contributed by atoms with Crippen LogP contribution in [-0.4, -0.2) is 22.2 Å². The maximum absolute atomic E-state index is 12.5. The van der Waals surface area contributed by atoms with Gasteiger partial charge in [0.25, 0.3) is 5.22 Å². The van der Waals surface area contributed by atoms with Gasteiger partial charge in [0.05, 0.1) is 11.3 Å². The number of alkyl halides is 3. The van der Waals surface area contributed by atoms with Gasteiger partial charge in [0.1, 0.15) is 0 Å². The van der Waals surface area contributed by atoms with Crippen LogP contribution in [0.25, 0.3) is 0 Å². The first-order chi connectivity index (χ1) is 10.4. The summed E-state index contributed by atoms with van der Waals surface area (Å²) >= 11 is 3.00. The summed E-state index contributed by atoms with van der Waals surface area (Å²) in [7, 11) is 0. The molecule has 3 nitrogen and oxygen atoms in total. The van der Waals surface area contributed by atoms with Crippen molar-refractivity contribution in [3.05, 3.63) is 41.3 Å². The standard InChI is InChI=1S/C14H15F3N2OS2/c1-9(7-22-13-19-18-12(20-13)8-21-2)10-3-5-11(6-4-10)14(15,16)17/h3-6,9H,7-8H2,1-2H3/t9-/m1/s1. The fourth-order valence-electron chi connectivity index (χ4n) is 1.77. The summed E-state index contributed by atoms with van der Waals surface area (Å²) in [5, 5.41) is 8.33. The average Bonchev–Trinajstić information content (AvgIpc) is 2.92. The Morgan fingerprint density at radius 2 is 1.86 bits per heavy atom. The van der Waals surface area contributed by atoms with Crippen LogP contribution in [0, 0.1) is 0 Å². The molecule has 22 heavy (non-hydrogen) atoms. The first kappa shape index (κ1) is 17.2. The SMILES string of the molecule is CSCc1nnc(SC[C@@H](C)c2ccc(C(F)(F)F)cc2)o1. The van der Waals surface area contributed by atoms with Crippen LogP contribution in [0.15, 0.2) is 33.9 Å². The van der Waals surface area contributed by atoms with Gasteiger partial charge in [0.2, 0.25) is 5.89 Å². The molecule has 0 saturated carbocycles. The molecule has 1 aromatic carbocycles. The van der Waals surface area contributed by atoms with E-state index in [-0.39, 0.29) is 5.92 Å². The van der Waals surface area contributed by atoms with Gasteiger partial charge in [0, 0.05) is 5.75 Å². The molecule has 0 saturated heterocycles. The van der Waals surface area contributed by atoms with Crippen LogP contribution >= 0.6 is 23.5 Å². The molecule has 2 aromatic rings. The van der Waals surface area contributed by atoms with E-state index in [1.165, 1.54) is 23.9 Å². The third kappa shape index (κ3) is 4.67. The fourth-order valence-corrected chi connectivity index (χ4v) is 2.97. The highest BCUT2D eigenvalue weighted by molar-refractivity contribution is 7.99. The molecule has 0 radical (unpaired) electrons. The number of aromatic nitrogens is 2. The van der Waals surface area contributed by atoms with E-state index in [1.807, 2.05) is 13.2 Å². The summed E-state index contributed by atoms with van der Waals surface area (Å²) in [5.41, 5.74) is 0.221. The predicted molar refractivity (Wildman–Crippen MR) is 82.1 cm³/mol. The van der Waals surface area contributed by atoms with Gasteiger partial charge < -0.3 is 4.42 Å². The number of benzene rings is 1. The van der Waals surface area contributed by atoms with E-state index in [0.717, 1.165) is 17.7 Å². The molecule has 0 aliphatic heterocycles. The molecule has 0 aliphatic rings. The first-order valence-electron chi connectivity index (χ1n) is 6.51. The number of hydrogen-bond donors (Lipinski definition) is 0. The van der Waals surface area contributed by atoms with Crippen LogP contribution in [-0.2, 0) is 11.9 Å². The van der Waals surface area contributed by atoms with E-state index in [2.05, 4.69) is 10.2 Å². The van der Waals surface area contributed by atoms with E-state index in [1.54, 1.807) is 11.8 Å². The van der Waals surface area contributed by atoms with E-state index in [4.69, 9.17) is 4.42 Å². The zero-order valence-electron chi connectivity index (χ0n) is 12.1. The topological polar surface area (TPSA) is 38.9 Å². The molecule has 0 spiro atoms. The van der Waals surface area contributed by atoms with Crippen molar-refractivity contribution in [3.8, 4) is 0 Å². The number of halogens is 3. The van der Waals surface area contributed by atoms with Gasteiger partial charge in [-0.3, -0.25) is 0 Å². The van der Waals surface area contributed by atoms with Crippen molar-refractivity contribution in [3.63, 3.8) is 0 Å². The summed E-state index contributed by atoms with van der Waals surface area (Å²) < 4.78 is 43.0. The van der Waals surface area contributed by atoms with Crippen LogP contribution in [0.1, 0.15) is 29.9 Å². The van der Waals surface area contributed by atoms with Gasteiger partial charge in [-0.1, -0.05) is 30.8 Å². The molecule has 1 atom stereocenters. The van der Waals surface area contributed by atoms with Crippen LogP contribution in [0.4, 0.5) is 13.2 Å². The normalized spacial score (nSPS) is 13.3. The van der Waals surface area contributed by atoms with Crippen molar-refractivity contribution in [2.45, 2.75) is 30.0 Å². The third-order valence-corrected chi connectivity index (χ3v) is 4.59. The summed E-state index contributed by atoms with van der Waals surface area (Å²) in [5.74, 6) is 1.99. The molecule has 0 amide bonds. The van der Waals surface area contributed by atoms with E-state index in [9.17, 15) is 13.2 Å². The monoisotopic (exact) mass is 348 g/mol. The van der Waals surface area contributed by atoms with Crippen molar-refractivity contribution in [1.82, 2.24) is 10.2 Å². The molecule has 120 valence electrons. The van der Waals surface area contributed by atoms with Gasteiger partial charge >= 0.3 is 6.18 Å². The molecule has 0 unspecified atom stereocenters. The quantitative estimate of drug-likeness (QED) is 0.698. The number of rotatable bonds is 6. The zero-order chi connectivity index (χ0) is 16.2. The van der Waals surface area contributed by atoms with Crippen LogP contribution in [0.3, 0.4) is 0 Å². The van der Waals surface area contributed by atoms with Crippen molar-refractivity contribution >= 4 is 23.5 Å². The third-order valence-electron chi connectivity index (χ3n) is 2.98. The van der Waals surface area contributed by atoms with E-state index < -0.39 is 11.7 Å². The van der Waals surface area contributed by atoms with Crippen molar-refractivity contribution < 1.29 is 17.6 Å². The van der Waals surface area contributed by atoms with E-state index in [0.29, 0.717) is 22.6 Å². The Balaban J connectivity index is 1.92. The smallest absolute Gasteiger partial charge is 0.415 e. The van der Waals surface area contributed by atoms with Crippen LogP contribution in [0.5, 0.6) is 0 Å². The number of hydrogen-bond acceptors (Lipinski definition) is 5. The van der Waals surface area contributed by atoms with Gasteiger partial charge in [-0.2, -0.15) is 24.9 Å². The molecular formula is C14H15F3N2OS2. The summed E-state index contributed by atoms with van der Waals surface area (Å²) in [6.45, 7) is 1.95. The van der Waals surface area contributed by atoms with Crippen molar-refractivity contribution in [2.75, 3.05) is 12.0 Å². The molecule has 8 heteroatoms. The summed E-state index contributed by atoms with van der Waals surface area (Å²) in [6.07, 6.45) is -2.35. The Labute approximate surface area is 135 Å². The van der Waals surface area contributed by atoms with Crippen LogP contribution in [0.2, 0.25) is 0 Å². The van der Waals surface area contributed by atoms with Crippen LogP contribution < -0.4 is 0 Å². The second-order valence-electron chi connectivity index (χ2n) is 4.73. The second kappa shape index (κ2) is 7.41. The van der Waals surface area contributed by atoms with E-state index >= 15 is 0 Å².